The lowest BCUT2D eigenvalue weighted by Crippen LogP contribution is -2.37. The molecule has 34 heavy (non-hydrogen) atoms. The van der Waals surface area contributed by atoms with Crippen LogP contribution in [0.4, 0.5) is 0 Å². The van der Waals surface area contributed by atoms with Crippen LogP contribution in [0.2, 0.25) is 0 Å². The molecule has 3 rings (SSSR count). The number of hydrogen-bond acceptors (Lipinski definition) is 7. The van der Waals surface area contributed by atoms with Crippen LogP contribution in [0, 0.1) is 0 Å². The summed E-state index contributed by atoms with van der Waals surface area (Å²) in [7, 11) is 0.452. The summed E-state index contributed by atoms with van der Waals surface area (Å²) in [6, 6.07) is 8.34. The van der Waals surface area contributed by atoms with E-state index in [2.05, 4.69) is 31.3 Å². The number of hydrogen-bond donors (Lipinski definition) is 3. The second-order valence-electron chi connectivity index (χ2n) is 7.45. The van der Waals surface area contributed by atoms with Gasteiger partial charge in [-0.1, -0.05) is 15.9 Å². The van der Waals surface area contributed by atoms with Gasteiger partial charge in [-0.3, -0.25) is 9.52 Å². The maximum atomic E-state index is 12.9. The third kappa shape index (κ3) is 5.91. The van der Waals surface area contributed by atoms with Crippen molar-refractivity contribution < 1.29 is 27.4 Å². The number of halogens is 1. The summed E-state index contributed by atoms with van der Waals surface area (Å²) >= 11 is 8.33. The van der Waals surface area contributed by atoms with Gasteiger partial charge in [-0.15, -0.1) is 0 Å². The van der Waals surface area contributed by atoms with Crippen LogP contribution in [0.15, 0.2) is 39.7 Å². The Morgan fingerprint density at radius 2 is 1.94 bits per heavy atom. The van der Waals surface area contributed by atoms with Crippen molar-refractivity contribution in [1.29, 1.82) is 0 Å². The van der Waals surface area contributed by atoms with Crippen molar-refractivity contribution in [2.45, 2.75) is 23.7 Å². The van der Waals surface area contributed by atoms with E-state index in [1.807, 2.05) is 0 Å². The smallest absolute Gasteiger partial charge is 0.267 e. The summed E-state index contributed by atoms with van der Waals surface area (Å²) in [6.45, 7) is 0.858. The number of nitrogens with one attached hydrogen (secondary N) is 3. The molecule has 1 unspecified atom stereocenters. The fourth-order valence-electron chi connectivity index (χ4n) is 3.68. The van der Waals surface area contributed by atoms with Gasteiger partial charge < -0.3 is 24.8 Å². The number of methoxy groups -OCH3 is 2. The standard InChI is InChI=1S/C22H26BrN3O6S2/c1-24-22(33)26-34(28,29)20-11-15-13(7-9-32-18(15)12-19(20)31-3)6-8-25-21(27)16-10-14(23)4-5-17(16)30-2/h4-5,10-13H,6-9H2,1-3H3,(H,25,27)(H2,24,26,33). The van der Waals surface area contributed by atoms with Crippen LogP contribution in [-0.4, -0.2) is 53.9 Å². The summed E-state index contributed by atoms with van der Waals surface area (Å²) < 4.78 is 45.2. The van der Waals surface area contributed by atoms with E-state index in [1.54, 1.807) is 30.3 Å². The van der Waals surface area contributed by atoms with Gasteiger partial charge in [0.2, 0.25) is 0 Å². The molecule has 0 fully saturated rings. The lowest BCUT2D eigenvalue weighted by Gasteiger charge is -2.27. The maximum absolute atomic E-state index is 12.9. The predicted octanol–water partition coefficient (Wildman–Crippen LogP) is 2.94. The molecule has 0 aliphatic carbocycles. The molecule has 2 aromatic rings. The zero-order valence-corrected chi connectivity index (χ0v) is 22.2. The Bertz CT molecular complexity index is 1190. The maximum Gasteiger partial charge on any atom is 0.267 e. The topological polar surface area (TPSA) is 115 Å². The number of amides is 1. The molecule has 0 spiro atoms. The fraction of sp³-hybridized carbons (Fsp3) is 0.364. The van der Waals surface area contributed by atoms with Crippen LogP contribution in [0.5, 0.6) is 17.2 Å². The lowest BCUT2D eigenvalue weighted by atomic mass is 9.90. The average molecular weight is 573 g/mol. The van der Waals surface area contributed by atoms with E-state index in [0.717, 1.165) is 10.0 Å². The van der Waals surface area contributed by atoms with Crippen molar-refractivity contribution in [3.05, 3.63) is 45.9 Å². The van der Waals surface area contributed by atoms with Crippen molar-refractivity contribution in [2.24, 2.45) is 0 Å². The van der Waals surface area contributed by atoms with Crippen LogP contribution < -0.4 is 29.6 Å². The quantitative estimate of drug-likeness (QED) is 0.414. The summed E-state index contributed by atoms with van der Waals surface area (Å²) in [4.78, 5) is 12.7. The molecular weight excluding hydrogens is 546 g/mol. The van der Waals surface area contributed by atoms with E-state index in [4.69, 9.17) is 26.4 Å². The Balaban J connectivity index is 1.80. The summed E-state index contributed by atoms with van der Waals surface area (Å²) in [5.41, 5.74) is 1.16. The van der Waals surface area contributed by atoms with Gasteiger partial charge in [0.1, 0.15) is 22.1 Å². The summed E-state index contributed by atoms with van der Waals surface area (Å²) in [5.74, 6) is 0.910. The molecule has 0 bridgehead atoms. The molecule has 0 saturated heterocycles. The molecule has 12 heteroatoms. The third-order valence-electron chi connectivity index (χ3n) is 5.39. The van der Waals surface area contributed by atoms with Crippen LogP contribution >= 0.6 is 28.1 Å². The monoisotopic (exact) mass is 571 g/mol. The number of sulfonamides is 1. The average Bonchev–Trinajstić information content (AvgIpc) is 2.82. The first kappa shape index (κ1) is 26.0. The SMILES string of the molecule is CNC(=S)NS(=O)(=O)c1cc2c(cc1OC)OCCC2CCNC(=O)c1cc(Br)ccc1OC. The molecule has 0 aromatic heterocycles. The Kier molecular flexibility index (Phi) is 8.61. The second kappa shape index (κ2) is 11.2. The Morgan fingerprint density at radius 1 is 1.21 bits per heavy atom. The number of thiocarbonyl (C=S) groups is 1. The molecule has 1 heterocycles. The Hall–Kier alpha value is -2.57. The molecule has 0 saturated carbocycles. The van der Waals surface area contributed by atoms with Crippen LogP contribution in [0.1, 0.15) is 34.7 Å². The third-order valence-corrected chi connectivity index (χ3v) is 7.69. The predicted molar refractivity (Wildman–Crippen MR) is 135 cm³/mol. The molecule has 2 aromatic carbocycles. The number of benzene rings is 2. The molecule has 0 radical (unpaired) electrons. The second-order valence-corrected chi connectivity index (χ2v) is 10.4. The van der Waals surface area contributed by atoms with Gasteiger partial charge in [0, 0.05) is 24.1 Å². The van der Waals surface area contributed by atoms with E-state index >= 15 is 0 Å². The van der Waals surface area contributed by atoms with Crippen molar-refractivity contribution in [2.75, 3.05) is 34.4 Å². The Labute approximate surface area is 212 Å². The zero-order chi connectivity index (χ0) is 24.9. The molecular formula is C22H26BrN3O6S2. The first-order valence-electron chi connectivity index (χ1n) is 10.4. The lowest BCUT2D eigenvalue weighted by molar-refractivity contribution is 0.0948. The number of carbonyl (C=O) groups is 1. The minimum absolute atomic E-state index is 0.0236. The number of ether oxygens (including phenoxy) is 3. The normalized spacial score (nSPS) is 14.9. The van der Waals surface area contributed by atoms with E-state index in [0.29, 0.717) is 43.1 Å². The summed E-state index contributed by atoms with van der Waals surface area (Å²) in [5, 5.41) is 5.48. The largest absolute Gasteiger partial charge is 0.496 e. The highest BCUT2D eigenvalue weighted by Crippen LogP contribution is 2.41. The van der Waals surface area contributed by atoms with Crippen LogP contribution in [0.3, 0.4) is 0 Å². The zero-order valence-electron chi connectivity index (χ0n) is 18.9. The highest BCUT2D eigenvalue weighted by Gasteiger charge is 2.29. The van der Waals surface area contributed by atoms with E-state index in [9.17, 15) is 13.2 Å². The van der Waals surface area contributed by atoms with Gasteiger partial charge in [0.25, 0.3) is 15.9 Å². The van der Waals surface area contributed by atoms with Crippen LogP contribution in [0.25, 0.3) is 0 Å². The highest BCUT2D eigenvalue weighted by molar-refractivity contribution is 9.10. The van der Waals surface area contributed by atoms with Crippen molar-refractivity contribution in [1.82, 2.24) is 15.4 Å². The number of carbonyl (C=O) groups excluding carboxylic acids is 1. The van der Waals surface area contributed by atoms with Crippen molar-refractivity contribution in [3.63, 3.8) is 0 Å². The first-order chi connectivity index (χ1) is 16.2. The van der Waals surface area contributed by atoms with E-state index in [1.165, 1.54) is 21.3 Å². The molecule has 1 amide bonds. The molecule has 1 aliphatic rings. The van der Waals surface area contributed by atoms with Gasteiger partial charge in [-0.2, -0.15) is 0 Å². The number of rotatable bonds is 8. The van der Waals surface area contributed by atoms with Gasteiger partial charge >= 0.3 is 0 Å². The van der Waals surface area contributed by atoms with E-state index in [-0.39, 0.29) is 27.6 Å². The minimum Gasteiger partial charge on any atom is -0.496 e. The van der Waals surface area contributed by atoms with Gasteiger partial charge in [0.15, 0.2) is 5.11 Å². The number of fused-ring (bicyclic) bond motifs is 1. The summed E-state index contributed by atoms with van der Waals surface area (Å²) in [6.07, 6.45) is 1.27. The van der Waals surface area contributed by atoms with Gasteiger partial charge in [-0.25, -0.2) is 8.42 Å². The van der Waals surface area contributed by atoms with Gasteiger partial charge in [0.05, 0.1) is 26.4 Å². The molecule has 1 aliphatic heterocycles. The van der Waals surface area contributed by atoms with Crippen molar-refractivity contribution >= 4 is 49.2 Å². The fourth-order valence-corrected chi connectivity index (χ4v) is 5.51. The van der Waals surface area contributed by atoms with Crippen LogP contribution in [-0.2, 0) is 10.0 Å². The van der Waals surface area contributed by atoms with Crippen molar-refractivity contribution in [3.8, 4) is 17.2 Å². The molecule has 9 nitrogen and oxygen atoms in total. The minimum atomic E-state index is -3.98. The Morgan fingerprint density at radius 3 is 2.62 bits per heavy atom. The van der Waals surface area contributed by atoms with E-state index < -0.39 is 10.0 Å². The molecule has 184 valence electrons. The van der Waals surface area contributed by atoms with Gasteiger partial charge in [-0.05, 0) is 60.8 Å². The molecule has 1 atom stereocenters. The first-order valence-corrected chi connectivity index (χ1v) is 13.1. The molecule has 3 N–H and O–H groups in total. The highest BCUT2D eigenvalue weighted by atomic mass is 79.9.